The van der Waals surface area contributed by atoms with Crippen LogP contribution in [0.25, 0.3) is 11.0 Å². The SMILES string of the molecule is COC(=O)N1c2ccc3c(nc(CCn4cccn4)n3CCN3CCCCC3)c2CC[C@@H]1C. The van der Waals surface area contributed by atoms with Gasteiger partial charge in [-0.25, -0.2) is 9.78 Å². The minimum atomic E-state index is -0.300. The molecular formula is C25H34N6O2. The zero-order valence-electron chi connectivity index (χ0n) is 19.7. The number of nitrogens with zero attached hydrogens (tertiary/aromatic N) is 6. The van der Waals surface area contributed by atoms with Crippen LogP contribution in [-0.4, -0.2) is 63.1 Å². The van der Waals surface area contributed by atoms with Crippen LogP contribution in [0.3, 0.4) is 0 Å². The molecule has 0 spiro atoms. The molecule has 1 saturated heterocycles. The number of hydrogen-bond donors (Lipinski definition) is 0. The Kier molecular flexibility index (Phi) is 6.35. The molecule has 4 heterocycles. The van der Waals surface area contributed by atoms with Gasteiger partial charge in [-0.05, 0) is 63.9 Å². The molecular weight excluding hydrogens is 416 g/mol. The second-order valence-electron chi connectivity index (χ2n) is 9.26. The quantitative estimate of drug-likeness (QED) is 0.570. The number of methoxy groups -OCH3 is 1. The second kappa shape index (κ2) is 9.55. The number of carbonyl (C=O) groups excluding carboxylic acids is 1. The molecule has 0 radical (unpaired) electrons. The maximum absolute atomic E-state index is 12.5. The molecule has 1 amide bonds. The summed E-state index contributed by atoms with van der Waals surface area (Å²) in [6.07, 6.45) is 10.1. The van der Waals surface area contributed by atoms with Gasteiger partial charge in [-0.2, -0.15) is 5.10 Å². The molecule has 33 heavy (non-hydrogen) atoms. The highest BCUT2D eigenvalue weighted by Crippen LogP contribution is 2.36. The number of fused-ring (bicyclic) bond motifs is 3. The van der Waals surface area contributed by atoms with Crippen LogP contribution >= 0.6 is 0 Å². The molecule has 0 N–H and O–H groups in total. The van der Waals surface area contributed by atoms with Crippen molar-refractivity contribution in [1.29, 1.82) is 0 Å². The molecule has 0 saturated carbocycles. The molecule has 1 atom stereocenters. The summed E-state index contributed by atoms with van der Waals surface area (Å²) in [4.78, 5) is 22.0. The van der Waals surface area contributed by atoms with Gasteiger partial charge in [-0.1, -0.05) is 6.42 Å². The molecule has 0 bridgehead atoms. The highest BCUT2D eigenvalue weighted by atomic mass is 16.5. The van der Waals surface area contributed by atoms with Crippen molar-refractivity contribution in [3.05, 3.63) is 42.0 Å². The summed E-state index contributed by atoms with van der Waals surface area (Å²) in [6, 6.07) is 6.30. The molecule has 8 heteroatoms. The average Bonchev–Trinajstić information content (AvgIpc) is 3.49. The van der Waals surface area contributed by atoms with Gasteiger partial charge in [0.1, 0.15) is 5.82 Å². The Balaban J connectivity index is 1.51. The van der Waals surface area contributed by atoms with Crippen molar-refractivity contribution in [1.82, 2.24) is 24.2 Å². The maximum Gasteiger partial charge on any atom is 0.414 e. The number of imidazole rings is 1. The van der Waals surface area contributed by atoms with Crippen LogP contribution in [0.5, 0.6) is 0 Å². The van der Waals surface area contributed by atoms with Gasteiger partial charge >= 0.3 is 6.09 Å². The molecule has 176 valence electrons. The van der Waals surface area contributed by atoms with Gasteiger partial charge < -0.3 is 14.2 Å². The molecule has 0 unspecified atom stereocenters. The topological polar surface area (TPSA) is 68.4 Å². The number of carbonyl (C=O) groups is 1. The Morgan fingerprint density at radius 1 is 1.15 bits per heavy atom. The molecule has 1 aromatic carbocycles. The smallest absolute Gasteiger partial charge is 0.414 e. The lowest BCUT2D eigenvalue weighted by molar-refractivity contribution is 0.175. The number of ether oxygens (including phenoxy) is 1. The van der Waals surface area contributed by atoms with E-state index in [1.165, 1.54) is 45.0 Å². The Labute approximate surface area is 195 Å². The fourth-order valence-corrected chi connectivity index (χ4v) is 5.36. The molecule has 5 rings (SSSR count). The number of benzene rings is 1. The Morgan fingerprint density at radius 3 is 2.76 bits per heavy atom. The lowest BCUT2D eigenvalue weighted by atomic mass is 9.96. The fraction of sp³-hybridized carbons (Fsp3) is 0.560. The van der Waals surface area contributed by atoms with Crippen LogP contribution in [0.15, 0.2) is 30.6 Å². The van der Waals surface area contributed by atoms with Gasteiger partial charge in [0, 0.05) is 50.1 Å². The first kappa shape index (κ1) is 21.9. The largest absolute Gasteiger partial charge is 0.452 e. The molecule has 2 aromatic heterocycles. The number of aromatic nitrogens is 4. The summed E-state index contributed by atoms with van der Waals surface area (Å²) in [6.45, 7) is 7.24. The molecule has 3 aromatic rings. The normalized spacial score (nSPS) is 19.1. The van der Waals surface area contributed by atoms with Crippen molar-refractivity contribution in [2.45, 2.75) is 64.6 Å². The Hall–Kier alpha value is -2.87. The van der Waals surface area contributed by atoms with E-state index in [9.17, 15) is 4.79 Å². The van der Waals surface area contributed by atoms with Gasteiger partial charge in [0.15, 0.2) is 0 Å². The van der Waals surface area contributed by atoms with Crippen LogP contribution in [-0.2, 0) is 30.7 Å². The Bertz CT molecular complexity index is 1100. The number of anilines is 1. The maximum atomic E-state index is 12.5. The van der Waals surface area contributed by atoms with E-state index in [4.69, 9.17) is 9.72 Å². The molecule has 0 aliphatic carbocycles. The number of hydrogen-bond acceptors (Lipinski definition) is 5. The lowest BCUT2D eigenvalue weighted by Gasteiger charge is -2.34. The number of amides is 1. The van der Waals surface area contributed by atoms with Crippen LogP contribution in [0.1, 0.15) is 44.0 Å². The van der Waals surface area contributed by atoms with E-state index in [2.05, 4.69) is 33.6 Å². The van der Waals surface area contributed by atoms with Crippen molar-refractivity contribution < 1.29 is 9.53 Å². The summed E-state index contributed by atoms with van der Waals surface area (Å²) in [5, 5.41) is 4.36. The van der Waals surface area contributed by atoms with E-state index >= 15 is 0 Å². The van der Waals surface area contributed by atoms with E-state index in [1.54, 1.807) is 4.90 Å². The van der Waals surface area contributed by atoms with Gasteiger partial charge in [0.2, 0.25) is 0 Å². The minimum absolute atomic E-state index is 0.114. The van der Waals surface area contributed by atoms with E-state index in [0.717, 1.165) is 61.5 Å². The first-order chi connectivity index (χ1) is 16.2. The monoisotopic (exact) mass is 450 g/mol. The third kappa shape index (κ3) is 4.36. The summed E-state index contributed by atoms with van der Waals surface area (Å²) < 4.78 is 9.45. The van der Waals surface area contributed by atoms with E-state index in [0.29, 0.717) is 0 Å². The van der Waals surface area contributed by atoms with Crippen molar-refractivity contribution in [3.63, 3.8) is 0 Å². The van der Waals surface area contributed by atoms with Crippen LogP contribution in [0.4, 0.5) is 10.5 Å². The minimum Gasteiger partial charge on any atom is -0.452 e. The van der Waals surface area contributed by atoms with Gasteiger partial charge in [-0.3, -0.25) is 9.58 Å². The zero-order valence-corrected chi connectivity index (χ0v) is 19.7. The van der Waals surface area contributed by atoms with E-state index in [1.807, 2.05) is 23.1 Å². The predicted molar refractivity (Wildman–Crippen MR) is 129 cm³/mol. The highest BCUT2D eigenvalue weighted by Gasteiger charge is 2.31. The molecule has 8 nitrogen and oxygen atoms in total. The zero-order chi connectivity index (χ0) is 22.8. The number of likely N-dealkylation sites (tertiary alicyclic amines) is 1. The summed E-state index contributed by atoms with van der Waals surface area (Å²) in [5.41, 5.74) is 4.29. The lowest BCUT2D eigenvalue weighted by Crippen LogP contribution is -2.42. The predicted octanol–water partition coefficient (Wildman–Crippen LogP) is 3.87. The highest BCUT2D eigenvalue weighted by molar-refractivity contribution is 5.95. The summed E-state index contributed by atoms with van der Waals surface area (Å²) >= 11 is 0. The van der Waals surface area contributed by atoms with Crippen LogP contribution in [0, 0.1) is 0 Å². The van der Waals surface area contributed by atoms with Gasteiger partial charge in [0.05, 0.1) is 23.8 Å². The third-order valence-corrected chi connectivity index (χ3v) is 7.18. The van der Waals surface area contributed by atoms with Crippen molar-refractivity contribution in [2.24, 2.45) is 0 Å². The first-order valence-electron chi connectivity index (χ1n) is 12.2. The third-order valence-electron chi connectivity index (χ3n) is 7.18. The van der Waals surface area contributed by atoms with Crippen molar-refractivity contribution >= 4 is 22.8 Å². The molecule has 1 fully saturated rings. The fourth-order valence-electron chi connectivity index (χ4n) is 5.36. The van der Waals surface area contributed by atoms with Crippen molar-refractivity contribution in [3.8, 4) is 0 Å². The van der Waals surface area contributed by atoms with Crippen LogP contribution < -0.4 is 4.90 Å². The Morgan fingerprint density at radius 2 is 2.00 bits per heavy atom. The van der Waals surface area contributed by atoms with Gasteiger partial charge in [0.25, 0.3) is 0 Å². The summed E-state index contributed by atoms with van der Waals surface area (Å²) in [5.74, 6) is 1.09. The van der Waals surface area contributed by atoms with Crippen LogP contribution in [0.2, 0.25) is 0 Å². The number of piperidine rings is 1. The van der Waals surface area contributed by atoms with Crippen molar-refractivity contribution in [2.75, 3.05) is 31.6 Å². The number of aryl methyl sites for hydroxylation is 3. The van der Waals surface area contributed by atoms with E-state index in [-0.39, 0.29) is 12.1 Å². The molecule has 2 aliphatic rings. The van der Waals surface area contributed by atoms with E-state index < -0.39 is 0 Å². The summed E-state index contributed by atoms with van der Waals surface area (Å²) in [7, 11) is 1.45. The first-order valence-corrected chi connectivity index (χ1v) is 12.2. The second-order valence-corrected chi connectivity index (χ2v) is 9.26. The average molecular weight is 451 g/mol. The number of rotatable bonds is 6. The van der Waals surface area contributed by atoms with Gasteiger partial charge in [-0.15, -0.1) is 0 Å². The standard InChI is InChI=1S/C25H34N6O2/c1-19-7-8-20-21(31(19)25(32)33-2)9-10-22-24(20)27-23(11-16-29-15-6-12-26-29)30(22)18-17-28-13-4-3-5-14-28/h6,9-10,12,15,19H,3-5,7-8,11,13-14,16-18H2,1-2H3/t19-/m0/s1. The molecule has 2 aliphatic heterocycles.